The van der Waals surface area contributed by atoms with Crippen molar-refractivity contribution in [3.05, 3.63) is 0 Å². The first-order valence-electron chi connectivity index (χ1n) is 8.20. The van der Waals surface area contributed by atoms with Gasteiger partial charge >= 0.3 is 0 Å². The molecule has 1 N–H and O–H groups in total. The SMILES string of the molecule is CN(CC1CCNC1)C(=O)CCCC1CCCCC1. The molecule has 2 fully saturated rings. The molecule has 1 heterocycles. The van der Waals surface area contributed by atoms with E-state index in [2.05, 4.69) is 5.32 Å². The number of nitrogens with zero attached hydrogens (tertiary/aromatic N) is 1. The molecule has 0 aromatic carbocycles. The van der Waals surface area contributed by atoms with E-state index in [0.717, 1.165) is 38.4 Å². The van der Waals surface area contributed by atoms with Crippen LogP contribution in [-0.2, 0) is 4.79 Å². The summed E-state index contributed by atoms with van der Waals surface area (Å²) in [4.78, 5) is 14.0. The van der Waals surface area contributed by atoms with Crippen molar-refractivity contribution < 1.29 is 4.79 Å². The topological polar surface area (TPSA) is 32.3 Å². The molecule has 0 radical (unpaired) electrons. The lowest BCUT2D eigenvalue weighted by molar-refractivity contribution is -0.130. The van der Waals surface area contributed by atoms with Gasteiger partial charge in [-0.05, 0) is 44.2 Å². The quantitative estimate of drug-likeness (QED) is 0.802. The van der Waals surface area contributed by atoms with Crippen molar-refractivity contribution in [2.24, 2.45) is 11.8 Å². The molecule has 0 spiro atoms. The molecular weight excluding hydrogens is 236 g/mol. The molecule has 0 bridgehead atoms. The van der Waals surface area contributed by atoms with E-state index in [4.69, 9.17) is 0 Å². The third-order valence-electron chi connectivity index (χ3n) is 4.85. The van der Waals surface area contributed by atoms with Gasteiger partial charge in [0, 0.05) is 20.0 Å². The molecule has 1 amide bonds. The number of hydrogen-bond acceptors (Lipinski definition) is 2. The van der Waals surface area contributed by atoms with Crippen molar-refractivity contribution in [1.82, 2.24) is 10.2 Å². The second-order valence-corrected chi connectivity index (χ2v) is 6.53. The molecule has 2 aliphatic rings. The molecule has 110 valence electrons. The number of rotatable bonds is 6. The molecule has 19 heavy (non-hydrogen) atoms. The van der Waals surface area contributed by atoms with E-state index in [9.17, 15) is 4.79 Å². The Labute approximate surface area is 118 Å². The largest absolute Gasteiger partial charge is 0.345 e. The predicted molar refractivity (Wildman–Crippen MR) is 79.0 cm³/mol. The summed E-state index contributed by atoms with van der Waals surface area (Å²) in [5.41, 5.74) is 0. The highest BCUT2D eigenvalue weighted by atomic mass is 16.2. The standard InChI is InChI=1S/C16H30N2O/c1-18(13-15-10-11-17-12-15)16(19)9-5-8-14-6-3-2-4-7-14/h14-15,17H,2-13H2,1H3. The summed E-state index contributed by atoms with van der Waals surface area (Å²) in [6.45, 7) is 3.14. The predicted octanol–water partition coefficient (Wildman–Crippen LogP) is 2.80. The number of carbonyl (C=O) groups is 1. The summed E-state index contributed by atoms with van der Waals surface area (Å²) in [5.74, 6) is 1.93. The summed E-state index contributed by atoms with van der Waals surface area (Å²) in [6, 6.07) is 0. The molecule has 0 aromatic heterocycles. The average molecular weight is 266 g/mol. The summed E-state index contributed by atoms with van der Waals surface area (Å²) in [6.07, 6.45) is 11.4. The Balaban J connectivity index is 1.57. The molecule has 1 aliphatic heterocycles. The lowest BCUT2D eigenvalue weighted by Crippen LogP contribution is -2.32. The number of nitrogens with one attached hydrogen (secondary N) is 1. The van der Waals surface area contributed by atoms with E-state index >= 15 is 0 Å². The van der Waals surface area contributed by atoms with Gasteiger partial charge in [0.05, 0.1) is 0 Å². The van der Waals surface area contributed by atoms with E-state index < -0.39 is 0 Å². The minimum atomic E-state index is 0.350. The van der Waals surface area contributed by atoms with Gasteiger partial charge in [-0.15, -0.1) is 0 Å². The molecule has 1 aliphatic carbocycles. The van der Waals surface area contributed by atoms with Gasteiger partial charge < -0.3 is 10.2 Å². The maximum absolute atomic E-state index is 12.1. The molecule has 0 aromatic rings. The minimum absolute atomic E-state index is 0.350. The van der Waals surface area contributed by atoms with Crippen LogP contribution in [0.1, 0.15) is 57.8 Å². The summed E-state index contributed by atoms with van der Waals surface area (Å²) in [5, 5.41) is 3.36. The Morgan fingerprint density at radius 3 is 2.63 bits per heavy atom. The van der Waals surface area contributed by atoms with Crippen LogP contribution >= 0.6 is 0 Å². The second kappa shape index (κ2) is 7.88. The van der Waals surface area contributed by atoms with Crippen molar-refractivity contribution in [2.45, 2.75) is 57.8 Å². The van der Waals surface area contributed by atoms with E-state index in [0.29, 0.717) is 11.8 Å². The lowest BCUT2D eigenvalue weighted by Gasteiger charge is -2.23. The molecule has 3 heteroatoms. The van der Waals surface area contributed by atoms with Gasteiger partial charge in [-0.1, -0.05) is 32.1 Å². The fourth-order valence-corrected chi connectivity index (χ4v) is 3.57. The van der Waals surface area contributed by atoms with Gasteiger partial charge in [0.1, 0.15) is 0 Å². The Hall–Kier alpha value is -0.570. The van der Waals surface area contributed by atoms with Gasteiger partial charge in [-0.2, -0.15) is 0 Å². The number of carbonyl (C=O) groups excluding carboxylic acids is 1. The highest BCUT2D eigenvalue weighted by Crippen LogP contribution is 2.27. The van der Waals surface area contributed by atoms with Crippen LogP contribution in [0.3, 0.4) is 0 Å². The smallest absolute Gasteiger partial charge is 0.222 e. The van der Waals surface area contributed by atoms with E-state index in [1.807, 2.05) is 11.9 Å². The first kappa shape index (κ1) is 14.8. The molecule has 1 saturated carbocycles. The number of amides is 1. The molecular formula is C16H30N2O. The normalized spacial score (nSPS) is 24.6. The third kappa shape index (κ3) is 5.13. The van der Waals surface area contributed by atoms with Gasteiger partial charge in [-0.3, -0.25) is 4.79 Å². The molecule has 2 rings (SSSR count). The summed E-state index contributed by atoms with van der Waals surface area (Å²) in [7, 11) is 1.97. The van der Waals surface area contributed by atoms with Crippen LogP contribution in [0.2, 0.25) is 0 Å². The van der Waals surface area contributed by atoms with Gasteiger partial charge in [0.2, 0.25) is 5.91 Å². The third-order valence-corrected chi connectivity index (χ3v) is 4.85. The molecule has 1 unspecified atom stereocenters. The van der Waals surface area contributed by atoms with Crippen molar-refractivity contribution in [1.29, 1.82) is 0 Å². The number of hydrogen-bond donors (Lipinski definition) is 1. The lowest BCUT2D eigenvalue weighted by atomic mass is 9.86. The minimum Gasteiger partial charge on any atom is -0.345 e. The summed E-state index contributed by atoms with van der Waals surface area (Å²) >= 11 is 0. The van der Waals surface area contributed by atoms with E-state index in [1.165, 1.54) is 44.9 Å². The van der Waals surface area contributed by atoms with Crippen LogP contribution in [0, 0.1) is 11.8 Å². The van der Waals surface area contributed by atoms with Crippen LogP contribution in [0.25, 0.3) is 0 Å². The van der Waals surface area contributed by atoms with Crippen molar-refractivity contribution in [3.8, 4) is 0 Å². The van der Waals surface area contributed by atoms with Crippen LogP contribution in [-0.4, -0.2) is 37.5 Å². The van der Waals surface area contributed by atoms with Gasteiger partial charge in [0.25, 0.3) is 0 Å². The zero-order chi connectivity index (χ0) is 13.5. The Morgan fingerprint density at radius 1 is 1.16 bits per heavy atom. The fraction of sp³-hybridized carbons (Fsp3) is 0.938. The Kier molecular flexibility index (Phi) is 6.15. The van der Waals surface area contributed by atoms with Gasteiger partial charge in [-0.25, -0.2) is 0 Å². The zero-order valence-electron chi connectivity index (χ0n) is 12.5. The van der Waals surface area contributed by atoms with Crippen LogP contribution < -0.4 is 5.32 Å². The van der Waals surface area contributed by atoms with Crippen molar-refractivity contribution in [3.63, 3.8) is 0 Å². The fourth-order valence-electron chi connectivity index (χ4n) is 3.57. The maximum Gasteiger partial charge on any atom is 0.222 e. The molecule has 3 nitrogen and oxygen atoms in total. The van der Waals surface area contributed by atoms with E-state index in [-0.39, 0.29) is 0 Å². The Bertz CT molecular complexity index is 268. The van der Waals surface area contributed by atoms with Crippen molar-refractivity contribution in [2.75, 3.05) is 26.7 Å². The van der Waals surface area contributed by atoms with Gasteiger partial charge in [0.15, 0.2) is 0 Å². The average Bonchev–Trinajstić information content (AvgIpc) is 2.92. The second-order valence-electron chi connectivity index (χ2n) is 6.53. The summed E-state index contributed by atoms with van der Waals surface area (Å²) < 4.78 is 0. The van der Waals surface area contributed by atoms with Crippen LogP contribution in [0.5, 0.6) is 0 Å². The molecule has 1 atom stereocenters. The van der Waals surface area contributed by atoms with Crippen LogP contribution in [0.15, 0.2) is 0 Å². The van der Waals surface area contributed by atoms with E-state index in [1.54, 1.807) is 0 Å². The highest BCUT2D eigenvalue weighted by Gasteiger charge is 2.19. The van der Waals surface area contributed by atoms with Crippen molar-refractivity contribution >= 4 is 5.91 Å². The zero-order valence-corrected chi connectivity index (χ0v) is 12.5. The molecule has 1 saturated heterocycles. The highest BCUT2D eigenvalue weighted by molar-refractivity contribution is 5.75. The first-order valence-corrected chi connectivity index (χ1v) is 8.20. The Morgan fingerprint density at radius 2 is 1.95 bits per heavy atom. The maximum atomic E-state index is 12.1. The monoisotopic (exact) mass is 266 g/mol. The first-order chi connectivity index (χ1) is 9.25. The van der Waals surface area contributed by atoms with Crippen LogP contribution in [0.4, 0.5) is 0 Å².